The van der Waals surface area contributed by atoms with E-state index in [1.807, 2.05) is 32.9 Å². The van der Waals surface area contributed by atoms with Crippen molar-refractivity contribution in [1.29, 1.82) is 0 Å². The maximum absolute atomic E-state index is 12.9. The van der Waals surface area contributed by atoms with Crippen LogP contribution in [0.25, 0.3) is 0 Å². The molecule has 30 heavy (non-hydrogen) atoms. The second-order valence-electron chi connectivity index (χ2n) is 8.17. The van der Waals surface area contributed by atoms with E-state index in [1.54, 1.807) is 6.07 Å². The highest BCUT2D eigenvalue weighted by molar-refractivity contribution is 7.89. The normalized spacial score (nSPS) is 20.3. The van der Waals surface area contributed by atoms with Crippen LogP contribution in [0.5, 0.6) is 5.75 Å². The van der Waals surface area contributed by atoms with Crippen molar-refractivity contribution in [3.63, 3.8) is 0 Å². The molecule has 162 valence electrons. The van der Waals surface area contributed by atoms with Gasteiger partial charge >= 0.3 is 5.97 Å². The van der Waals surface area contributed by atoms with E-state index in [0.29, 0.717) is 30.3 Å². The molecule has 0 aromatic heterocycles. The zero-order valence-corrected chi connectivity index (χ0v) is 18.9. The summed E-state index contributed by atoms with van der Waals surface area (Å²) in [5, 5.41) is 0. The highest BCUT2D eigenvalue weighted by Crippen LogP contribution is 2.25. The van der Waals surface area contributed by atoms with Gasteiger partial charge in [-0.2, -0.15) is 4.31 Å². The molecule has 1 heterocycles. The molecule has 2 aromatic rings. The van der Waals surface area contributed by atoms with Crippen LogP contribution in [-0.4, -0.2) is 44.0 Å². The maximum atomic E-state index is 12.9. The third kappa shape index (κ3) is 4.91. The number of ether oxygens (including phenoxy) is 2. The second-order valence-corrected chi connectivity index (χ2v) is 10.1. The molecule has 2 aromatic carbocycles. The van der Waals surface area contributed by atoms with Crippen molar-refractivity contribution in [3.05, 3.63) is 59.2 Å². The summed E-state index contributed by atoms with van der Waals surface area (Å²) in [5.74, 6) is 0.334. The van der Waals surface area contributed by atoms with Crippen molar-refractivity contribution in [2.45, 2.75) is 57.6 Å². The Morgan fingerprint density at radius 1 is 1.07 bits per heavy atom. The summed E-state index contributed by atoms with van der Waals surface area (Å²) >= 11 is 0. The minimum Gasteiger partial charge on any atom is -0.423 e. The van der Waals surface area contributed by atoms with E-state index in [0.717, 1.165) is 5.56 Å². The smallest absolute Gasteiger partial charge is 0.343 e. The summed E-state index contributed by atoms with van der Waals surface area (Å²) < 4.78 is 38.4. The molecule has 0 radical (unpaired) electrons. The monoisotopic (exact) mass is 431 g/mol. The quantitative estimate of drug-likeness (QED) is 0.526. The molecule has 1 aliphatic rings. The Morgan fingerprint density at radius 3 is 2.20 bits per heavy atom. The Kier molecular flexibility index (Phi) is 6.65. The van der Waals surface area contributed by atoms with Gasteiger partial charge in [0.15, 0.2) is 0 Å². The third-order valence-electron chi connectivity index (χ3n) is 5.19. The number of sulfonamides is 1. The Hall–Kier alpha value is -2.22. The van der Waals surface area contributed by atoms with Crippen molar-refractivity contribution in [1.82, 2.24) is 4.31 Å². The molecule has 1 saturated heterocycles. The van der Waals surface area contributed by atoms with Crippen molar-refractivity contribution >= 4 is 16.0 Å². The zero-order chi connectivity index (χ0) is 22.1. The van der Waals surface area contributed by atoms with E-state index >= 15 is 0 Å². The van der Waals surface area contributed by atoms with Gasteiger partial charge in [0.25, 0.3) is 0 Å². The van der Waals surface area contributed by atoms with Crippen LogP contribution < -0.4 is 4.74 Å². The van der Waals surface area contributed by atoms with Gasteiger partial charge in [-0.05, 0) is 74.2 Å². The van der Waals surface area contributed by atoms with Gasteiger partial charge in [0.1, 0.15) is 5.75 Å². The lowest BCUT2D eigenvalue weighted by Gasteiger charge is -2.34. The molecule has 6 nitrogen and oxygen atoms in total. The van der Waals surface area contributed by atoms with Crippen LogP contribution in [0.4, 0.5) is 0 Å². The Bertz CT molecular complexity index is 1000. The first-order valence-corrected chi connectivity index (χ1v) is 11.6. The standard InChI is InChI=1S/C23H29NO5S/c1-15(2)22-11-8-20(12-16(22)3)29-23(25)19-6-9-21(10-7-19)30(26,27)24-13-17(4)28-18(5)14-24/h6-12,15,17-18H,13-14H2,1-5H3/t17-,18+. The van der Waals surface area contributed by atoms with Crippen molar-refractivity contribution in [2.24, 2.45) is 0 Å². The van der Waals surface area contributed by atoms with E-state index in [4.69, 9.17) is 9.47 Å². The van der Waals surface area contributed by atoms with Gasteiger partial charge in [0.2, 0.25) is 10.0 Å². The summed E-state index contributed by atoms with van der Waals surface area (Å²) in [6.07, 6.45) is -0.327. The molecule has 1 fully saturated rings. The number of benzene rings is 2. The van der Waals surface area contributed by atoms with Crippen LogP contribution in [-0.2, 0) is 14.8 Å². The number of carbonyl (C=O) groups excluding carboxylic acids is 1. The summed E-state index contributed by atoms with van der Waals surface area (Å²) in [6, 6.07) is 11.4. The van der Waals surface area contributed by atoms with Crippen LogP contribution in [0.1, 0.15) is 55.1 Å². The molecule has 1 aliphatic heterocycles. The average molecular weight is 432 g/mol. The van der Waals surface area contributed by atoms with Crippen molar-refractivity contribution < 1.29 is 22.7 Å². The lowest BCUT2D eigenvalue weighted by molar-refractivity contribution is -0.0440. The van der Waals surface area contributed by atoms with Gasteiger partial charge < -0.3 is 9.47 Å². The summed E-state index contributed by atoms with van der Waals surface area (Å²) in [4.78, 5) is 12.6. The Balaban J connectivity index is 1.73. The largest absolute Gasteiger partial charge is 0.423 e. The van der Waals surface area contributed by atoms with Gasteiger partial charge in [-0.3, -0.25) is 0 Å². The maximum Gasteiger partial charge on any atom is 0.343 e. The lowest BCUT2D eigenvalue weighted by atomic mass is 9.98. The second kappa shape index (κ2) is 8.88. The Morgan fingerprint density at radius 2 is 1.67 bits per heavy atom. The number of hydrogen-bond acceptors (Lipinski definition) is 5. The predicted octanol–water partition coefficient (Wildman–Crippen LogP) is 4.14. The van der Waals surface area contributed by atoms with Crippen LogP contribution in [0.15, 0.2) is 47.4 Å². The van der Waals surface area contributed by atoms with E-state index < -0.39 is 16.0 Å². The van der Waals surface area contributed by atoms with Crippen molar-refractivity contribution in [2.75, 3.05) is 13.1 Å². The molecule has 0 unspecified atom stereocenters. The topological polar surface area (TPSA) is 72.9 Å². The molecule has 2 atom stereocenters. The molecular weight excluding hydrogens is 402 g/mol. The van der Waals surface area contributed by atoms with Gasteiger partial charge in [-0.25, -0.2) is 13.2 Å². The fraction of sp³-hybridized carbons (Fsp3) is 0.435. The van der Waals surface area contributed by atoms with Gasteiger partial charge in [-0.15, -0.1) is 0 Å². The van der Waals surface area contributed by atoms with E-state index in [2.05, 4.69) is 13.8 Å². The first-order valence-electron chi connectivity index (χ1n) is 10.2. The number of nitrogens with zero attached hydrogens (tertiary/aromatic N) is 1. The van der Waals surface area contributed by atoms with E-state index in [9.17, 15) is 13.2 Å². The molecule has 0 saturated carbocycles. The van der Waals surface area contributed by atoms with Crippen LogP contribution in [0, 0.1) is 6.92 Å². The third-order valence-corrected chi connectivity index (χ3v) is 7.03. The van der Waals surface area contributed by atoms with Crippen molar-refractivity contribution in [3.8, 4) is 5.75 Å². The predicted molar refractivity (Wildman–Crippen MR) is 115 cm³/mol. The summed E-state index contributed by atoms with van der Waals surface area (Å²) in [6.45, 7) is 10.5. The van der Waals surface area contributed by atoms with Gasteiger partial charge in [-0.1, -0.05) is 19.9 Å². The van der Waals surface area contributed by atoms with E-state index in [1.165, 1.54) is 34.1 Å². The van der Waals surface area contributed by atoms with Crippen LogP contribution in [0.3, 0.4) is 0 Å². The summed E-state index contributed by atoms with van der Waals surface area (Å²) in [5.41, 5.74) is 2.56. The number of carbonyl (C=O) groups is 1. The van der Waals surface area contributed by atoms with E-state index in [-0.39, 0.29) is 17.1 Å². The van der Waals surface area contributed by atoms with Crippen LogP contribution >= 0.6 is 0 Å². The molecule has 0 aliphatic carbocycles. The molecular formula is C23H29NO5S. The minimum atomic E-state index is -3.65. The van der Waals surface area contributed by atoms with Gasteiger partial charge in [0, 0.05) is 13.1 Å². The zero-order valence-electron chi connectivity index (χ0n) is 18.1. The SMILES string of the molecule is Cc1cc(OC(=O)c2ccc(S(=O)(=O)N3C[C@@H](C)O[C@@H](C)C3)cc2)ccc1C(C)C. The van der Waals surface area contributed by atoms with Gasteiger partial charge in [0.05, 0.1) is 22.7 Å². The fourth-order valence-corrected chi connectivity index (χ4v) is 5.35. The number of esters is 1. The lowest BCUT2D eigenvalue weighted by Crippen LogP contribution is -2.48. The highest BCUT2D eigenvalue weighted by Gasteiger charge is 2.32. The molecule has 0 amide bonds. The number of rotatable bonds is 5. The average Bonchev–Trinajstić information content (AvgIpc) is 2.67. The molecule has 0 bridgehead atoms. The number of morpholine rings is 1. The molecule has 0 spiro atoms. The fourth-order valence-electron chi connectivity index (χ4n) is 3.76. The minimum absolute atomic E-state index is 0.150. The first kappa shape index (κ1) is 22.5. The number of hydrogen-bond donors (Lipinski definition) is 0. The Labute approximate surface area is 178 Å². The highest BCUT2D eigenvalue weighted by atomic mass is 32.2. The number of aryl methyl sites for hydroxylation is 1. The molecule has 3 rings (SSSR count). The molecule has 0 N–H and O–H groups in total. The van der Waals surface area contributed by atoms with Crippen LogP contribution in [0.2, 0.25) is 0 Å². The molecule has 7 heteroatoms. The first-order chi connectivity index (χ1) is 14.1. The summed E-state index contributed by atoms with van der Waals surface area (Å²) in [7, 11) is -3.65.